The first-order valence-electron chi connectivity index (χ1n) is 12.3. The van der Waals surface area contributed by atoms with Crippen molar-refractivity contribution in [3.05, 3.63) is 141 Å². The molecule has 5 aromatic carbocycles. The highest BCUT2D eigenvalue weighted by atomic mass is 16.1. The molecule has 4 heteroatoms. The Morgan fingerprint density at radius 3 is 1.78 bits per heavy atom. The molecule has 0 aliphatic rings. The van der Waals surface area contributed by atoms with Gasteiger partial charge in [-0.25, -0.2) is 0 Å². The third-order valence-electron chi connectivity index (χ3n) is 7.14. The van der Waals surface area contributed by atoms with Crippen molar-refractivity contribution in [3.8, 4) is 0 Å². The van der Waals surface area contributed by atoms with Crippen molar-refractivity contribution in [2.24, 2.45) is 0 Å². The number of hydrogen-bond acceptors (Lipinski definition) is 3. The van der Waals surface area contributed by atoms with E-state index in [0.29, 0.717) is 27.1 Å². The highest BCUT2D eigenvalue weighted by Gasteiger charge is 2.19. The molecule has 0 radical (unpaired) electrons. The van der Waals surface area contributed by atoms with Gasteiger partial charge in [0.1, 0.15) is 0 Å². The molecule has 0 N–H and O–H groups in total. The molecule has 2 aromatic heterocycles. The van der Waals surface area contributed by atoms with Crippen LogP contribution in [0.15, 0.2) is 125 Å². The first-order chi connectivity index (χ1) is 18.1. The summed E-state index contributed by atoms with van der Waals surface area (Å²) in [4.78, 5) is 29.5. The third-order valence-corrected chi connectivity index (χ3v) is 7.14. The molecule has 0 saturated carbocycles. The second kappa shape index (κ2) is 8.04. The fourth-order valence-electron chi connectivity index (χ4n) is 5.47. The molecule has 0 amide bonds. The van der Waals surface area contributed by atoms with Gasteiger partial charge in [0.05, 0.1) is 16.6 Å². The van der Waals surface area contributed by atoms with Gasteiger partial charge in [0.2, 0.25) is 0 Å². The van der Waals surface area contributed by atoms with Gasteiger partial charge < -0.3 is 9.30 Å². The van der Waals surface area contributed by atoms with E-state index in [1.54, 1.807) is 6.07 Å². The fourth-order valence-corrected chi connectivity index (χ4v) is 5.47. The Labute approximate surface area is 212 Å². The van der Waals surface area contributed by atoms with Crippen LogP contribution >= 0.6 is 0 Å². The summed E-state index contributed by atoms with van der Waals surface area (Å²) in [6.45, 7) is 2.02. The minimum atomic E-state index is -0.0741. The minimum Gasteiger partial charge on any atom is -0.310 e. The van der Waals surface area contributed by atoms with Crippen molar-refractivity contribution in [2.75, 3.05) is 4.90 Å². The van der Waals surface area contributed by atoms with E-state index in [2.05, 4.69) is 33.6 Å². The van der Waals surface area contributed by atoms with Crippen LogP contribution < -0.4 is 15.8 Å². The first kappa shape index (κ1) is 21.3. The summed E-state index contributed by atoms with van der Waals surface area (Å²) < 4.78 is 2.09. The van der Waals surface area contributed by atoms with E-state index >= 15 is 0 Å². The van der Waals surface area contributed by atoms with Crippen LogP contribution in [0.5, 0.6) is 0 Å². The molecule has 0 fully saturated rings. The largest absolute Gasteiger partial charge is 0.310 e. The maximum atomic E-state index is 13.9. The summed E-state index contributed by atoms with van der Waals surface area (Å²) in [5.74, 6) is 0. The molecule has 37 heavy (non-hydrogen) atoms. The maximum Gasteiger partial charge on any atom is 0.197 e. The highest BCUT2D eigenvalue weighted by Crippen LogP contribution is 2.36. The summed E-state index contributed by atoms with van der Waals surface area (Å²) in [6.07, 6.45) is 0. The smallest absolute Gasteiger partial charge is 0.197 e. The molecule has 4 nitrogen and oxygen atoms in total. The van der Waals surface area contributed by atoms with Crippen LogP contribution in [0.3, 0.4) is 0 Å². The van der Waals surface area contributed by atoms with Crippen molar-refractivity contribution in [1.82, 2.24) is 4.40 Å². The van der Waals surface area contributed by atoms with E-state index in [9.17, 15) is 9.59 Å². The van der Waals surface area contributed by atoms with Gasteiger partial charge in [0.25, 0.3) is 0 Å². The quantitative estimate of drug-likeness (QED) is 0.197. The lowest BCUT2D eigenvalue weighted by Gasteiger charge is -2.26. The van der Waals surface area contributed by atoms with Gasteiger partial charge >= 0.3 is 0 Å². The molecule has 7 rings (SSSR count). The highest BCUT2D eigenvalue weighted by molar-refractivity contribution is 6.08. The Kier molecular flexibility index (Phi) is 4.63. The van der Waals surface area contributed by atoms with E-state index in [0.717, 1.165) is 33.7 Å². The van der Waals surface area contributed by atoms with Crippen LogP contribution in [0.25, 0.3) is 38.1 Å². The number of para-hydroxylation sites is 3. The van der Waals surface area contributed by atoms with Crippen LogP contribution in [-0.4, -0.2) is 4.40 Å². The number of fused-ring (bicyclic) bond motifs is 4. The zero-order valence-electron chi connectivity index (χ0n) is 20.2. The van der Waals surface area contributed by atoms with Crippen molar-refractivity contribution in [2.45, 2.75) is 6.92 Å². The average Bonchev–Trinajstić information content (AvgIpc) is 2.94. The lowest BCUT2D eigenvalue weighted by molar-refractivity contribution is 1.27. The van der Waals surface area contributed by atoms with E-state index in [4.69, 9.17) is 0 Å². The van der Waals surface area contributed by atoms with Gasteiger partial charge in [-0.15, -0.1) is 0 Å². The van der Waals surface area contributed by atoms with Crippen LogP contribution in [0, 0.1) is 6.92 Å². The second-order valence-corrected chi connectivity index (χ2v) is 9.42. The molecular weight excluding hydrogens is 456 g/mol. The van der Waals surface area contributed by atoms with Crippen LogP contribution in [0.1, 0.15) is 5.56 Å². The molecule has 0 spiro atoms. The van der Waals surface area contributed by atoms with Gasteiger partial charge in [-0.05, 0) is 79.2 Å². The van der Waals surface area contributed by atoms with Crippen molar-refractivity contribution >= 4 is 55.2 Å². The first-order valence-corrected chi connectivity index (χ1v) is 12.3. The molecule has 0 unspecified atom stereocenters. The molecule has 176 valence electrons. The van der Waals surface area contributed by atoms with Gasteiger partial charge in [-0.3, -0.25) is 9.59 Å². The zero-order chi connectivity index (χ0) is 25.1. The third kappa shape index (κ3) is 3.16. The van der Waals surface area contributed by atoms with Crippen LogP contribution in [-0.2, 0) is 0 Å². The number of aryl methyl sites for hydroxylation is 1. The van der Waals surface area contributed by atoms with Crippen LogP contribution in [0.4, 0.5) is 17.1 Å². The van der Waals surface area contributed by atoms with Crippen molar-refractivity contribution < 1.29 is 0 Å². The Balaban J connectivity index is 1.63. The standard InChI is InChI=1S/C33H22N2O2/c1-21-15-17-25-30(19-21)35-29-18-16-24(34(22-9-4-2-5-10-22)23-11-6-3-7-12-23)20-28(29)33(37)27-14-8-13-26(31(27)35)32(25)36/h2-20H,1H3. The lowest BCUT2D eigenvalue weighted by Crippen LogP contribution is -2.15. The summed E-state index contributed by atoms with van der Waals surface area (Å²) in [5, 5.41) is 2.37. The summed E-state index contributed by atoms with van der Waals surface area (Å²) in [5.41, 5.74) is 6.12. The van der Waals surface area contributed by atoms with Gasteiger partial charge in [0, 0.05) is 38.6 Å². The average molecular weight is 479 g/mol. The van der Waals surface area contributed by atoms with E-state index < -0.39 is 0 Å². The molecular formula is C33H22N2O2. The van der Waals surface area contributed by atoms with Gasteiger partial charge in [-0.2, -0.15) is 0 Å². The minimum absolute atomic E-state index is 0.0460. The molecule has 0 aliphatic carbocycles. The topological polar surface area (TPSA) is 41.8 Å². The zero-order valence-corrected chi connectivity index (χ0v) is 20.2. The molecule has 0 aliphatic heterocycles. The maximum absolute atomic E-state index is 13.9. The molecule has 0 saturated heterocycles. The predicted octanol–water partition coefficient (Wildman–Crippen LogP) is 7.34. The van der Waals surface area contributed by atoms with Gasteiger partial charge in [0.15, 0.2) is 10.9 Å². The normalized spacial score (nSPS) is 11.6. The summed E-state index contributed by atoms with van der Waals surface area (Å²) in [6, 6.07) is 37.6. The lowest BCUT2D eigenvalue weighted by atomic mass is 10.0. The fraction of sp³-hybridized carbons (Fsp3) is 0.0303. The Morgan fingerprint density at radius 2 is 1.14 bits per heavy atom. The Bertz CT molecular complexity index is 2040. The number of rotatable bonds is 3. The molecule has 0 bridgehead atoms. The monoisotopic (exact) mass is 478 g/mol. The molecule has 0 atom stereocenters. The number of benzene rings is 5. The second-order valence-electron chi connectivity index (χ2n) is 9.42. The SMILES string of the molecule is Cc1ccc2c(=O)c3cccc4c(=O)c5cc(N(c6ccccc6)c6ccccc6)ccc5n(c2c1)c43. The number of nitrogens with zero attached hydrogens (tertiary/aromatic N) is 2. The summed E-state index contributed by atoms with van der Waals surface area (Å²) >= 11 is 0. The Morgan fingerprint density at radius 1 is 0.514 bits per heavy atom. The van der Waals surface area contributed by atoms with Gasteiger partial charge in [-0.1, -0.05) is 48.5 Å². The predicted molar refractivity (Wildman–Crippen MR) is 153 cm³/mol. The summed E-state index contributed by atoms with van der Waals surface area (Å²) in [7, 11) is 0. The number of anilines is 3. The Hall–Kier alpha value is -4.96. The molecule has 2 heterocycles. The van der Waals surface area contributed by atoms with Crippen molar-refractivity contribution in [1.29, 1.82) is 0 Å². The van der Waals surface area contributed by atoms with Crippen LogP contribution in [0.2, 0.25) is 0 Å². The number of hydrogen-bond donors (Lipinski definition) is 0. The van der Waals surface area contributed by atoms with E-state index in [1.807, 2.05) is 91.9 Å². The molecule has 7 aromatic rings. The van der Waals surface area contributed by atoms with Crippen molar-refractivity contribution in [3.63, 3.8) is 0 Å². The van der Waals surface area contributed by atoms with E-state index in [-0.39, 0.29) is 10.9 Å². The number of aromatic nitrogens is 1. The number of pyridine rings is 2. The van der Waals surface area contributed by atoms with E-state index in [1.165, 1.54) is 0 Å².